The molecule has 0 radical (unpaired) electrons. The van der Waals surface area contributed by atoms with E-state index >= 15 is 0 Å². The predicted molar refractivity (Wildman–Crippen MR) is 43.1 cm³/mol. The minimum Gasteiger partial charge on any atom is -0.296 e. The van der Waals surface area contributed by atoms with Crippen LogP contribution in [-0.4, -0.2) is 12.0 Å². The van der Waals surface area contributed by atoms with Crippen molar-refractivity contribution in [3.63, 3.8) is 0 Å². The van der Waals surface area contributed by atoms with Gasteiger partial charge < -0.3 is 0 Å². The average molecular weight is 137 g/mol. The van der Waals surface area contributed by atoms with Crippen molar-refractivity contribution in [2.24, 2.45) is 4.99 Å². The maximum absolute atomic E-state index is 10.1. The van der Waals surface area contributed by atoms with Gasteiger partial charge in [0.25, 0.3) is 0 Å². The highest BCUT2D eigenvalue weighted by Gasteiger charge is 1.89. The maximum atomic E-state index is 10.1. The second kappa shape index (κ2) is 4.68. The number of rotatable bonds is 4. The quantitative estimate of drug-likeness (QED) is 0.428. The lowest BCUT2D eigenvalue weighted by molar-refractivity contribution is -0.102. The fraction of sp³-hybridized carbons (Fsp3) is 0.250. The highest BCUT2D eigenvalue weighted by Crippen LogP contribution is 1.97. The van der Waals surface area contributed by atoms with Crippen molar-refractivity contribution in [2.75, 3.05) is 0 Å². The van der Waals surface area contributed by atoms with E-state index in [9.17, 15) is 4.79 Å². The summed E-state index contributed by atoms with van der Waals surface area (Å²) in [6.45, 7) is 8.96. The van der Waals surface area contributed by atoms with Gasteiger partial charge in [0, 0.05) is 5.70 Å². The molecule has 2 nitrogen and oxygen atoms in total. The number of aldehydes is 1. The molecular weight excluding hydrogens is 126 g/mol. The molecule has 0 atom stereocenters. The van der Waals surface area contributed by atoms with Crippen molar-refractivity contribution < 1.29 is 4.79 Å². The molecule has 0 bridgehead atoms. The zero-order valence-electron chi connectivity index (χ0n) is 6.13. The first-order valence-electron chi connectivity index (χ1n) is 3.08. The van der Waals surface area contributed by atoms with Crippen LogP contribution in [0.4, 0.5) is 0 Å². The molecule has 2 heteroatoms. The zero-order chi connectivity index (χ0) is 7.98. The number of nitrogens with zero attached hydrogens (tertiary/aromatic N) is 1. The van der Waals surface area contributed by atoms with Crippen molar-refractivity contribution in [1.82, 2.24) is 0 Å². The van der Waals surface area contributed by atoms with Gasteiger partial charge >= 0.3 is 0 Å². The van der Waals surface area contributed by atoms with Crippen LogP contribution in [0.2, 0.25) is 0 Å². The summed E-state index contributed by atoms with van der Waals surface area (Å²) in [5.74, 6) is 0. The van der Waals surface area contributed by atoms with Gasteiger partial charge in [-0.3, -0.25) is 9.79 Å². The Hall–Kier alpha value is -1.18. The fourth-order valence-corrected chi connectivity index (χ4v) is 0.382. The summed E-state index contributed by atoms with van der Waals surface area (Å²) < 4.78 is 0. The zero-order valence-corrected chi connectivity index (χ0v) is 6.13. The van der Waals surface area contributed by atoms with Crippen LogP contribution >= 0.6 is 0 Å². The Kier molecular flexibility index (Phi) is 4.12. The molecule has 0 amide bonds. The van der Waals surface area contributed by atoms with E-state index < -0.39 is 0 Å². The van der Waals surface area contributed by atoms with Crippen LogP contribution in [0.3, 0.4) is 0 Å². The van der Waals surface area contributed by atoms with Crippen molar-refractivity contribution in [2.45, 2.75) is 13.3 Å². The van der Waals surface area contributed by atoms with Crippen molar-refractivity contribution in [3.05, 3.63) is 24.9 Å². The first-order chi connectivity index (χ1) is 4.74. The molecule has 0 fully saturated rings. The smallest absolute Gasteiger partial charge is 0.168 e. The van der Waals surface area contributed by atoms with Gasteiger partial charge in [-0.15, -0.1) is 0 Å². The van der Waals surface area contributed by atoms with Gasteiger partial charge in [-0.1, -0.05) is 20.1 Å². The van der Waals surface area contributed by atoms with Crippen molar-refractivity contribution in [1.29, 1.82) is 0 Å². The summed E-state index contributed by atoms with van der Waals surface area (Å²) in [5, 5.41) is 0. The van der Waals surface area contributed by atoms with Gasteiger partial charge in [0.2, 0.25) is 0 Å². The molecule has 10 heavy (non-hydrogen) atoms. The Balaban J connectivity index is 4.23. The molecule has 0 saturated carbocycles. The minimum atomic E-state index is 0.340. The summed E-state index contributed by atoms with van der Waals surface area (Å²) in [6, 6.07) is 0. The summed E-state index contributed by atoms with van der Waals surface area (Å²) in [6.07, 6.45) is 2.83. The number of aliphatic imine (C=N–C) groups is 1. The Labute approximate surface area is 61.0 Å². The van der Waals surface area contributed by atoms with Gasteiger partial charge in [0.05, 0.1) is 0 Å². The Morgan fingerprint density at radius 1 is 1.70 bits per heavy atom. The van der Waals surface area contributed by atoms with Gasteiger partial charge in [-0.25, -0.2) is 0 Å². The van der Waals surface area contributed by atoms with E-state index in [1.54, 1.807) is 0 Å². The molecule has 54 valence electrons. The third-order valence-corrected chi connectivity index (χ3v) is 1.03. The lowest BCUT2D eigenvalue weighted by atomic mass is 10.3. The molecule has 0 aliphatic rings. The topological polar surface area (TPSA) is 29.4 Å². The molecule has 0 rings (SSSR count). The molecule has 0 heterocycles. The SMILES string of the molecule is C=CC(C=O)=NC(=C)CC. The minimum absolute atomic E-state index is 0.340. The molecule has 0 unspecified atom stereocenters. The molecule has 0 aromatic carbocycles. The summed E-state index contributed by atoms with van der Waals surface area (Å²) in [4.78, 5) is 14.0. The Morgan fingerprint density at radius 2 is 2.30 bits per heavy atom. The Morgan fingerprint density at radius 3 is 2.60 bits per heavy atom. The largest absolute Gasteiger partial charge is 0.296 e. The summed E-state index contributed by atoms with van der Waals surface area (Å²) in [7, 11) is 0. The summed E-state index contributed by atoms with van der Waals surface area (Å²) >= 11 is 0. The third-order valence-electron chi connectivity index (χ3n) is 1.03. The number of carbonyl (C=O) groups is 1. The van der Waals surface area contributed by atoms with E-state index in [1.807, 2.05) is 6.92 Å². The van der Waals surface area contributed by atoms with Crippen LogP contribution in [0.15, 0.2) is 29.9 Å². The van der Waals surface area contributed by atoms with Crippen LogP contribution in [0.1, 0.15) is 13.3 Å². The monoisotopic (exact) mass is 137 g/mol. The van der Waals surface area contributed by atoms with Gasteiger partial charge in [0.1, 0.15) is 5.71 Å². The normalized spacial score (nSPS) is 10.7. The van der Waals surface area contributed by atoms with Crippen LogP contribution in [0.5, 0.6) is 0 Å². The molecule has 0 aliphatic carbocycles. The van der Waals surface area contributed by atoms with Gasteiger partial charge in [-0.05, 0) is 12.5 Å². The van der Waals surface area contributed by atoms with E-state index in [2.05, 4.69) is 18.2 Å². The third kappa shape index (κ3) is 2.97. The average Bonchev–Trinajstić information content (AvgIpc) is 1.99. The summed E-state index contributed by atoms with van der Waals surface area (Å²) in [5.41, 5.74) is 1.04. The maximum Gasteiger partial charge on any atom is 0.168 e. The van der Waals surface area contributed by atoms with E-state index in [1.165, 1.54) is 6.08 Å². The predicted octanol–water partition coefficient (Wildman–Crippen LogP) is 1.74. The lowest BCUT2D eigenvalue weighted by Gasteiger charge is -1.91. The van der Waals surface area contributed by atoms with Crippen molar-refractivity contribution in [3.8, 4) is 0 Å². The first-order valence-corrected chi connectivity index (χ1v) is 3.08. The van der Waals surface area contributed by atoms with Crippen LogP contribution < -0.4 is 0 Å². The van der Waals surface area contributed by atoms with Gasteiger partial charge in [0.15, 0.2) is 6.29 Å². The van der Waals surface area contributed by atoms with Crippen LogP contribution in [0, 0.1) is 0 Å². The highest BCUT2D eigenvalue weighted by molar-refractivity contribution is 6.33. The molecule has 0 aliphatic heterocycles. The number of hydrogen-bond acceptors (Lipinski definition) is 2. The fourth-order valence-electron chi connectivity index (χ4n) is 0.382. The standard InChI is InChI=1S/C8H11NO/c1-4-7(3)9-8(5-2)6-10/h5-6H,2-4H2,1H3. The molecule has 0 aromatic heterocycles. The molecule has 0 saturated heterocycles. The molecule has 0 spiro atoms. The number of carbonyl (C=O) groups excluding carboxylic acids is 1. The Bertz CT molecular complexity index is 170. The van der Waals surface area contributed by atoms with Gasteiger partial charge in [-0.2, -0.15) is 0 Å². The van der Waals surface area contributed by atoms with Crippen LogP contribution in [-0.2, 0) is 4.79 Å². The van der Waals surface area contributed by atoms with E-state index in [0.717, 1.165) is 6.42 Å². The molecule has 0 aromatic rings. The lowest BCUT2D eigenvalue weighted by Crippen LogP contribution is -1.93. The molecule has 0 N–H and O–H groups in total. The second-order valence-electron chi connectivity index (χ2n) is 1.78. The number of hydrogen-bond donors (Lipinski definition) is 0. The van der Waals surface area contributed by atoms with Crippen molar-refractivity contribution >= 4 is 12.0 Å². The van der Waals surface area contributed by atoms with E-state index in [-0.39, 0.29) is 0 Å². The molecular formula is C8H11NO. The van der Waals surface area contributed by atoms with E-state index in [0.29, 0.717) is 17.7 Å². The van der Waals surface area contributed by atoms with E-state index in [4.69, 9.17) is 0 Å². The van der Waals surface area contributed by atoms with Crippen LogP contribution in [0.25, 0.3) is 0 Å². The first kappa shape index (κ1) is 8.82. The number of allylic oxidation sites excluding steroid dienone is 2. The second-order valence-corrected chi connectivity index (χ2v) is 1.78. The highest BCUT2D eigenvalue weighted by atomic mass is 16.1.